The van der Waals surface area contributed by atoms with Crippen molar-refractivity contribution in [1.82, 2.24) is 4.98 Å². The topological polar surface area (TPSA) is 42.0 Å². The molecule has 1 heterocycles. The third kappa shape index (κ3) is 3.35. The van der Waals surface area contributed by atoms with Crippen molar-refractivity contribution >= 4 is 46.4 Å². The maximum atomic E-state index is 11.9. The molecule has 3 nitrogen and oxygen atoms in total. The Labute approximate surface area is 119 Å². The number of pyridine rings is 1. The van der Waals surface area contributed by atoms with Gasteiger partial charge in [-0.2, -0.15) is 0 Å². The first kappa shape index (κ1) is 13.1. The number of benzene rings is 1. The number of nitrogens with one attached hydrogen (secondary N) is 1. The molecule has 2 aromatic rings. The lowest BCUT2D eigenvalue weighted by molar-refractivity contribution is 0.102. The third-order valence-electron chi connectivity index (χ3n) is 2.13. The van der Waals surface area contributed by atoms with Crippen LogP contribution in [0, 0.1) is 0 Å². The second kappa shape index (κ2) is 5.57. The number of anilines is 1. The number of carbonyl (C=O) groups excluding carboxylic acids is 1. The maximum Gasteiger partial charge on any atom is 0.255 e. The van der Waals surface area contributed by atoms with E-state index in [1.54, 1.807) is 24.3 Å². The van der Waals surface area contributed by atoms with E-state index >= 15 is 0 Å². The van der Waals surface area contributed by atoms with Crippen LogP contribution in [0.1, 0.15) is 10.4 Å². The van der Waals surface area contributed by atoms with Crippen molar-refractivity contribution in [1.29, 1.82) is 0 Å². The highest BCUT2D eigenvalue weighted by molar-refractivity contribution is 6.33. The van der Waals surface area contributed by atoms with Gasteiger partial charge in [-0.3, -0.25) is 4.79 Å². The first-order chi connectivity index (χ1) is 8.54. The smallest absolute Gasteiger partial charge is 0.255 e. The van der Waals surface area contributed by atoms with Crippen molar-refractivity contribution < 1.29 is 4.79 Å². The van der Waals surface area contributed by atoms with Crippen LogP contribution in [0.25, 0.3) is 0 Å². The summed E-state index contributed by atoms with van der Waals surface area (Å²) in [4.78, 5) is 15.7. The molecule has 0 saturated heterocycles. The van der Waals surface area contributed by atoms with Gasteiger partial charge in [0.15, 0.2) is 0 Å². The van der Waals surface area contributed by atoms with Gasteiger partial charge in [0.2, 0.25) is 0 Å². The lowest BCUT2D eigenvalue weighted by Crippen LogP contribution is -2.12. The first-order valence-electron chi connectivity index (χ1n) is 4.94. The molecule has 0 atom stereocenters. The average molecular weight is 302 g/mol. The van der Waals surface area contributed by atoms with Crippen LogP contribution in [0.4, 0.5) is 5.69 Å². The Bertz CT molecular complexity index is 564. The monoisotopic (exact) mass is 300 g/mol. The molecule has 2 rings (SSSR count). The van der Waals surface area contributed by atoms with Crippen molar-refractivity contribution in [3.63, 3.8) is 0 Å². The van der Waals surface area contributed by atoms with Crippen LogP contribution >= 0.6 is 34.8 Å². The Morgan fingerprint density at radius 3 is 2.11 bits per heavy atom. The van der Waals surface area contributed by atoms with Crippen LogP contribution in [-0.2, 0) is 0 Å². The number of aromatic nitrogens is 1. The highest BCUT2D eigenvalue weighted by Crippen LogP contribution is 2.17. The van der Waals surface area contributed by atoms with Gasteiger partial charge in [-0.25, -0.2) is 4.98 Å². The second-order valence-electron chi connectivity index (χ2n) is 3.46. The van der Waals surface area contributed by atoms with Crippen LogP contribution in [0.15, 0.2) is 36.4 Å². The fourth-order valence-electron chi connectivity index (χ4n) is 1.33. The fraction of sp³-hybridized carbons (Fsp3) is 0. The van der Waals surface area contributed by atoms with E-state index in [4.69, 9.17) is 34.8 Å². The van der Waals surface area contributed by atoms with Gasteiger partial charge in [-0.15, -0.1) is 0 Å². The summed E-state index contributed by atoms with van der Waals surface area (Å²) >= 11 is 17.2. The van der Waals surface area contributed by atoms with Gasteiger partial charge >= 0.3 is 0 Å². The number of carbonyl (C=O) groups is 1. The summed E-state index contributed by atoms with van der Waals surface area (Å²) in [5, 5.41) is 3.64. The minimum atomic E-state index is -0.316. The SMILES string of the molecule is O=C(Nc1ccc(Cl)cc1)c1cc(Cl)nc(Cl)c1. The number of hydrogen-bond acceptors (Lipinski definition) is 2. The van der Waals surface area contributed by atoms with Crippen molar-refractivity contribution in [2.24, 2.45) is 0 Å². The van der Waals surface area contributed by atoms with Crippen molar-refractivity contribution in [2.45, 2.75) is 0 Å². The van der Waals surface area contributed by atoms with Crippen LogP contribution in [-0.4, -0.2) is 10.9 Å². The van der Waals surface area contributed by atoms with E-state index in [2.05, 4.69) is 10.3 Å². The maximum absolute atomic E-state index is 11.9. The molecule has 1 aromatic heterocycles. The average Bonchev–Trinajstić information content (AvgIpc) is 2.31. The summed E-state index contributed by atoms with van der Waals surface area (Å²) in [6, 6.07) is 9.65. The Hall–Kier alpha value is -1.29. The van der Waals surface area contributed by atoms with Crippen LogP contribution in [0.2, 0.25) is 15.3 Å². The number of hydrogen-bond donors (Lipinski definition) is 1. The van der Waals surface area contributed by atoms with Crippen molar-refractivity contribution in [2.75, 3.05) is 5.32 Å². The zero-order valence-electron chi connectivity index (χ0n) is 8.95. The van der Waals surface area contributed by atoms with Gasteiger partial charge in [0.25, 0.3) is 5.91 Å². The van der Waals surface area contributed by atoms with Crippen molar-refractivity contribution in [3.8, 4) is 0 Å². The summed E-state index contributed by atoms with van der Waals surface area (Å²) in [6.07, 6.45) is 0. The van der Waals surface area contributed by atoms with E-state index in [1.807, 2.05) is 0 Å². The predicted octanol–water partition coefficient (Wildman–Crippen LogP) is 4.29. The van der Waals surface area contributed by atoms with Gasteiger partial charge in [0, 0.05) is 16.3 Å². The minimum Gasteiger partial charge on any atom is -0.322 e. The standard InChI is InChI=1S/C12H7Cl3N2O/c13-8-1-3-9(4-2-8)16-12(18)7-5-10(14)17-11(15)6-7/h1-6H,(H,16,18). The van der Waals surface area contributed by atoms with Crippen molar-refractivity contribution in [3.05, 3.63) is 57.3 Å². The Balaban J connectivity index is 2.19. The Morgan fingerprint density at radius 2 is 1.56 bits per heavy atom. The van der Waals surface area contributed by atoms with E-state index in [-0.39, 0.29) is 16.2 Å². The molecule has 1 aromatic carbocycles. The molecule has 18 heavy (non-hydrogen) atoms. The summed E-state index contributed by atoms with van der Waals surface area (Å²) in [6.45, 7) is 0. The molecule has 0 unspecified atom stereocenters. The second-order valence-corrected chi connectivity index (χ2v) is 4.67. The molecule has 0 saturated carbocycles. The van der Waals surface area contributed by atoms with Crippen LogP contribution < -0.4 is 5.32 Å². The number of amides is 1. The number of halogens is 3. The normalized spacial score (nSPS) is 10.2. The van der Waals surface area contributed by atoms with Gasteiger partial charge in [-0.05, 0) is 36.4 Å². The van der Waals surface area contributed by atoms with Gasteiger partial charge in [-0.1, -0.05) is 34.8 Å². The van der Waals surface area contributed by atoms with E-state index < -0.39 is 0 Å². The highest BCUT2D eigenvalue weighted by atomic mass is 35.5. The number of nitrogens with zero attached hydrogens (tertiary/aromatic N) is 1. The Morgan fingerprint density at radius 1 is 1.00 bits per heavy atom. The van der Waals surface area contributed by atoms with Crippen LogP contribution in [0.3, 0.4) is 0 Å². The molecular formula is C12H7Cl3N2O. The van der Waals surface area contributed by atoms with Gasteiger partial charge < -0.3 is 5.32 Å². The molecular weight excluding hydrogens is 295 g/mol. The molecule has 0 aliphatic rings. The molecule has 6 heteroatoms. The summed E-state index contributed by atoms with van der Waals surface area (Å²) in [5.41, 5.74) is 0.975. The molecule has 0 aliphatic heterocycles. The van der Waals surface area contributed by atoms with Crippen LogP contribution in [0.5, 0.6) is 0 Å². The molecule has 1 N–H and O–H groups in total. The zero-order valence-corrected chi connectivity index (χ0v) is 11.2. The molecule has 0 aliphatic carbocycles. The molecule has 0 fully saturated rings. The lowest BCUT2D eigenvalue weighted by atomic mass is 10.2. The van der Waals surface area contributed by atoms with Gasteiger partial charge in [0.05, 0.1) is 0 Å². The lowest BCUT2D eigenvalue weighted by Gasteiger charge is -2.05. The molecule has 1 amide bonds. The summed E-state index contributed by atoms with van der Waals surface area (Å²) in [5.74, 6) is -0.316. The zero-order chi connectivity index (χ0) is 13.1. The molecule has 0 bridgehead atoms. The third-order valence-corrected chi connectivity index (χ3v) is 2.77. The van der Waals surface area contributed by atoms with E-state index in [0.29, 0.717) is 16.3 Å². The van der Waals surface area contributed by atoms with E-state index in [0.717, 1.165) is 0 Å². The molecule has 0 spiro atoms. The quantitative estimate of drug-likeness (QED) is 0.841. The van der Waals surface area contributed by atoms with E-state index in [9.17, 15) is 4.79 Å². The first-order valence-corrected chi connectivity index (χ1v) is 6.08. The summed E-state index contributed by atoms with van der Waals surface area (Å²) in [7, 11) is 0. The summed E-state index contributed by atoms with van der Waals surface area (Å²) < 4.78 is 0. The minimum absolute atomic E-state index is 0.170. The predicted molar refractivity (Wildman–Crippen MR) is 73.7 cm³/mol. The van der Waals surface area contributed by atoms with Gasteiger partial charge in [0.1, 0.15) is 10.3 Å². The number of rotatable bonds is 2. The largest absolute Gasteiger partial charge is 0.322 e. The molecule has 0 radical (unpaired) electrons. The Kier molecular flexibility index (Phi) is 4.07. The van der Waals surface area contributed by atoms with E-state index in [1.165, 1.54) is 12.1 Å². The highest BCUT2D eigenvalue weighted by Gasteiger charge is 2.09. The molecule has 92 valence electrons. The fourth-order valence-corrected chi connectivity index (χ4v) is 1.92.